The summed E-state index contributed by atoms with van der Waals surface area (Å²) >= 11 is 23.9. The van der Waals surface area contributed by atoms with Gasteiger partial charge in [0.05, 0.1) is 21.0 Å². The molecular weight excluding hydrogens is 358 g/mol. The van der Waals surface area contributed by atoms with Gasteiger partial charge in [0.2, 0.25) is 0 Å². The molecule has 0 aliphatic carbocycles. The molecule has 3 nitrogen and oxygen atoms in total. The van der Waals surface area contributed by atoms with Crippen molar-refractivity contribution in [3.8, 4) is 11.1 Å². The second-order valence-corrected chi connectivity index (χ2v) is 5.67. The summed E-state index contributed by atoms with van der Waals surface area (Å²) in [5.41, 5.74) is 0.0339. The number of carbonyl (C=O) groups is 2. The zero-order valence-corrected chi connectivity index (χ0v) is 13.1. The number of carboxylic acids is 1. The SMILES string of the molecule is O=Cc1cc(Cl)cc(Cl)c1-c1c(C(=O)[O-])ccc(Cl)c1Cl. The van der Waals surface area contributed by atoms with Crippen LogP contribution in [-0.2, 0) is 0 Å². The Morgan fingerprint density at radius 2 is 1.67 bits per heavy atom. The number of carboxylic acid groups (broad SMARTS) is 1. The molecule has 0 heterocycles. The number of halogens is 4. The van der Waals surface area contributed by atoms with Crippen molar-refractivity contribution in [2.75, 3.05) is 0 Å². The molecule has 0 saturated carbocycles. The van der Waals surface area contributed by atoms with Crippen molar-refractivity contribution >= 4 is 58.7 Å². The lowest BCUT2D eigenvalue weighted by molar-refractivity contribution is -0.254. The van der Waals surface area contributed by atoms with Gasteiger partial charge in [-0.25, -0.2) is 0 Å². The van der Waals surface area contributed by atoms with Gasteiger partial charge in [0.1, 0.15) is 0 Å². The summed E-state index contributed by atoms with van der Waals surface area (Å²) in [4.78, 5) is 22.5. The van der Waals surface area contributed by atoms with E-state index in [-0.39, 0.29) is 42.3 Å². The molecule has 0 aliphatic rings. The Morgan fingerprint density at radius 1 is 1.00 bits per heavy atom. The van der Waals surface area contributed by atoms with Crippen molar-refractivity contribution in [3.63, 3.8) is 0 Å². The Labute approximate surface area is 140 Å². The highest BCUT2D eigenvalue weighted by molar-refractivity contribution is 6.45. The second-order valence-electron chi connectivity index (χ2n) is 4.04. The summed E-state index contributed by atoms with van der Waals surface area (Å²) in [6, 6.07) is 5.29. The third-order valence-electron chi connectivity index (χ3n) is 2.78. The molecule has 0 unspecified atom stereocenters. The van der Waals surface area contributed by atoms with Crippen molar-refractivity contribution in [3.05, 3.63) is 55.5 Å². The standard InChI is InChI=1S/C14H6Cl4O3/c15-7-3-6(5-19)11(10(17)4-7)12-8(14(20)21)1-2-9(16)13(12)18/h1-5H,(H,20,21)/p-1. The number of hydrogen-bond acceptors (Lipinski definition) is 3. The summed E-state index contributed by atoms with van der Waals surface area (Å²) in [7, 11) is 0. The topological polar surface area (TPSA) is 57.2 Å². The minimum Gasteiger partial charge on any atom is -0.545 e. The number of aromatic carboxylic acids is 1. The van der Waals surface area contributed by atoms with Crippen molar-refractivity contribution in [1.82, 2.24) is 0 Å². The highest BCUT2D eigenvalue weighted by Crippen LogP contribution is 2.42. The maximum absolute atomic E-state index is 11.3. The second kappa shape index (κ2) is 6.24. The van der Waals surface area contributed by atoms with Crippen molar-refractivity contribution < 1.29 is 14.7 Å². The molecule has 0 N–H and O–H groups in total. The van der Waals surface area contributed by atoms with E-state index in [4.69, 9.17) is 46.4 Å². The first-order chi connectivity index (χ1) is 9.86. The maximum atomic E-state index is 11.3. The van der Waals surface area contributed by atoms with Gasteiger partial charge in [0.25, 0.3) is 0 Å². The predicted octanol–water partition coefficient (Wildman–Crippen LogP) is 4.14. The molecule has 7 heteroatoms. The lowest BCUT2D eigenvalue weighted by Gasteiger charge is -2.16. The van der Waals surface area contributed by atoms with Gasteiger partial charge in [-0.05, 0) is 18.2 Å². The molecule has 0 bridgehead atoms. The quantitative estimate of drug-likeness (QED) is 0.771. The number of benzene rings is 2. The molecule has 0 fully saturated rings. The van der Waals surface area contributed by atoms with Crippen LogP contribution >= 0.6 is 46.4 Å². The van der Waals surface area contributed by atoms with Crippen molar-refractivity contribution in [2.45, 2.75) is 0 Å². The van der Waals surface area contributed by atoms with Crippen LogP contribution in [0.1, 0.15) is 20.7 Å². The van der Waals surface area contributed by atoms with E-state index in [9.17, 15) is 14.7 Å². The average Bonchev–Trinajstić information content (AvgIpc) is 2.41. The third kappa shape index (κ3) is 3.01. The van der Waals surface area contributed by atoms with Crippen LogP contribution in [0.5, 0.6) is 0 Å². The van der Waals surface area contributed by atoms with E-state index in [0.29, 0.717) is 6.29 Å². The maximum Gasteiger partial charge on any atom is 0.150 e. The van der Waals surface area contributed by atoms with Gasteiger partial charge < -0.3 is 9.90 Å². The van der Waals surface area contributed by atoms with Crippen LogP contribution < -0.4 is 5.11 Å². The van der Waals surface area contributed by atoms with Gasteiger partial charge in [0.15, 0.2) is 6.29 Å². The number of carbonyl (C=O) groups excluding carboxylic acids is 2. The van der Waals surface area contributed by atoms with Gasteiger partial charge in [-0.2, -0.15) is 0 Å². The minimum atomic E-state index is -1.47. The molecule has 21 heavy (non-hydrogen) atoms. The van der Waals surface area contributed by atoms with E-state index < -0.39 is 5.97 Å². The van der Waals surface area contributed by atoms with Gasteiger partial charge in [-0.3, -0.25) is 4.79 Å². The van der Waals surface area contributed by atoms with Crippen LogP contribution in [0.25, 0.3) is 11.1 Å². The van der Waals surface area contributed by atoms with Gasteiger partial charge >= 0.3 is 0 Å². The molecule has 0 saturated heterocycles. The zero-order valence-electron chi connectivity index (χ0n) is 10.1. The summed E-state index contributed by atoms with van der Waals surface area (Å²) in [6.07, 6.45) is 0.503. The van der Waals surface area contributed by atoms with Crippen LogP contribution in [0.2, 0.25) is 20.1 Å². The van der Waals surface area contributed by atoms with E-state index in [0.717, 1.165) is 0 Å². The number of aldehydes is 1. The molecule has 2 aromatic rings. The number of rotatable bonds is 3. The molecule has 0 aromatic heterocycles. The summed E-state index contributed by atoms with van der Waals surface area (Å²) in [5, 5.41) is 11.7. The molecule has 108 valence electrons. The lowest BCUT2D eigenvalue weighted by atomic mass is 9.95. The third-order valence-corrected chi connectivity index (χ3v) is 4.10. The summed E-state index contributed by atoms with van der Waals surface area (Å²) < 4.78 is 0. The fraction of sp³-hybridized carbons (Fsp3) is 0. The van der Waals surface area contributed by atoms with Gasteiger partial charge in [-0.1, -0.05) is 52.5 Å². The molecule has 0 spiro atoms. The Hall–Kier alpha value is -1.26. The van der Waals surface area contributed by atoms with E-state index in [1.807, 2.05) is 0 Å². The fourth-order valence-corrected chi connectivity index (χ4v) is 2.94. The summed E-state index contributed by atoms with van der Waals surface area (Å²) in [5.74, 6) is -1.47. The smallest absolute Gasteiger partial charge is 0.150 e. The van der Waals surface area contributed by atoms with Crippen LogP contribution in [0, 0.1) is 0 Å². The molecule has 0 aliphatic heterocycles. The van der Waals surface area contributed by atoms with Crippen molar-refractivity contribution in [1.29, 1.82) is 0 Å². The highest BCUT2D eigenvalue weighted by Gasteiger charge is 2.20. The minimum absolute atomic E-state index is 0.0212. The van der Waals surface area contributed by atoms with Crippen LogP contribution in [-0.4, -0.2) is 12.3 Å². The van der Waals surface area contributed by atoms with E-state index >= 15 is 0 Å². The Bertz CT molecular complexity index is 756. The first-order valence-electron chi connectivity index (χ1n) is 5.50. The Balaban J connectivity index is 2.94. The molecule has 2 rings (SSSR count). The molecule has 0 atom stereocenters. The molecule has 0 radical (unpaired) electrons. The van der Waals surface area contributed by atoms with Crippen LogP contribution in [0.3, 0.4) is 0 Å². The predicted molar refractivity (Wildman–Crippen MR) is 81.6 cm³/mol. The van der Waals surface area contributed by atoms with E-state index in [1.165, 1.54) is 24.3 Å². The molecule has 0 amide bonds. The van der Waals surface area contributed by atoms with Crippen molar-refractivity contribution in [2.24, 2.45) is 0 Å². The normalized spacial score (nSPS) is 10.5. The van der Waals surface area contributed by atoms with Crippen LogP contribution in [0.4, 0.5) is 0 Å². The van der Waals surface area contributed by atoms with E-state index in [1.54, 1.807) is 0 Å². The fourth-order valence-electron chi connectivity index (χ4n) is 1.92. The Kier molecular flexibility index (Phi) is 4.79. The average molecular weight is 363 g/mol. The first-order valence-corrected chi connectivity index (χ1v) is 7.02. The highest BCUT2D eigenvalue weighted by atomic mass is 35.5. The molecule has 2 aromatic carbocycles. The largest absolute Gasteiger partial charge is 0.545 e. The first kappa shape index (κ1) is 16.1. The molecular formula is C14H5Cl4O3-. The monoisotopic (exact) mass is 361 g/mol. The van der Waals surface area contributed by atoms with Crippen LogP contribution in [0.15, 0.2) is 24.3 Å². The summed E-state index contributed by atoms with van der Waals surface area (Å²) in [6.45, 7) is 0. The van der Waals surface area contributed by atoms with E-state index in [2.05, 4.69) is 0 Å². The number of hydrogen-bond donors (Lipinski definition) is 0. The zero-order chi connectivity index (χ0) is 15.7. The Morgan fingerprint density at radius 3 is 2.24 bits per heavy atom. The van der Waals surface area contributed by atoms with Gasteiger partial charge in [0, 0.05) is 27.3 Å². The van der Waals surface area contributed by atoms with Gasteiger partial charge in [-0.15, -0.1) is 0 Å². The lowest BCUT2D eigenvalue weighted by Crippen LogP contribution is -2.23.